The molecule has 2 aliphatic rings. The number of carboxylic acids is 1. The van der Waals surface area contributed by atoms with Gasteiger partial charge in [0.1, 0.15) is 35.2 Å². The number of amides is 1. The minimum atomic E-state index is -1.30. The molecule has 1 fully saturated rings. The maximum absolute atomic E-state index is 12.8. The predicted octanol–water partition coefficient (Wildman–Crippen LogP) is 2.60. The summed E-state index contributed by atoms with van der Waals surface area (Å²) in [5.41, 5.74) is -0.259. The van der Waals surface area contributed by atoms with Gasteiger partial charge in [-0.3, -0.25) is 9.69 Å². The molecule has 9 nitrogen and oxygen atoms in total. The molecule has 2 heterocycles. The van der Waals surface area contributed by atoms with E-state index >= 15 is 0 Å². The Hall–Kier alpha value is -3.15. The average molecular weight is 504 g/mol. The van der Waals surface area contributed by atoms with E-state index in [1.165, 1.54) is 0 Å². The summed E-state index contributed by atoms with van der Waals surface area (Å²) in [5.74, 6) is -2.27. The third-order valence-corrected chi connectivity index (χ3v) is 7.41. The van der Waals surface area contributed by atoms with Gasteiger partial charge in [0.2, 0.25) is 5.91 Å². The second kappa shape index (κ2) is 10.00. The largest absolute Gasteiger partial charge is 0.612 e. The van der Waals surface area contributed by atoms with Gasteiger partial charge in [-0.05, 0) is 54.5 Å². The fourth-order valence-electron chi connectivity index (χ4n) is 3.59. The summed E-state index contributed by atoms with van der Waals surface area (Å²) in [5, 5.41) is 9.16. The molecule has 2 aliphatic heterocycles. The lowest BCUT2D eigenvalue weighted by atomic mass is 9.92. The molecule has 11 heteroatoms. The molecule has 34 heavy (non-hydrogen) atoms. The van der Waals surface area contributed by atoms with Crippen LogP contribution in [0.5, 0.6) is 11.5 Å². The number of hydrogen-bond donors (Lipinski definition) is 1. The van der Waals surface area contributed by atoms with Crippen LogP contribution in [0.4, 0.5) is 0 Å². The van der Waals surface area contributed by atoms with E-state index in [1.807, 2.05) is 6.07 Å². The molecule has 0 bridgehead atoms. The highest BCUT2D eigenvalue weighted by molar-refractivity contribution is 8.03. The van der Waals surface area contributed by atoms with Crippen molar-refractivity contribution in [1.29, 1.82) is 0 Å². The lowest BCUT2D eigenvalue weighted by Gasteiger charge is -2.43. The number of hydrogen-bond acceptors (Lipinski definition) is 8. The van der Waals surface area contributed by atoms with Crippen LogP contribution in [-0.4, -0.2) is 56.7 Å². The Labute approximate surface area is 202 Å². The minimum Gasteiger partial charge on any atom is -0.612 e. The second-order valence-electron chi connectivity index (χ2n) is 7.51. The maximum Gasteiger partial charge on any atom is 0.357 e. The average Bonchev–Trinajstić information content (AvgIpc) is 3.13. The molecule has 4 rings (SSSR count). The number of fused-ring (bicyclic) bond motifs is 1. The number of benzene rings is 2. The Balaban J connectivity index is 1.40. The quantitative estimate of drug-likeness (QED) is 0.312. The summed E-state index contributed by atoms with van der Waals surface area (Å²) in [6.07, 6.45) is 0.757. The topological polar surface area (TPSA) is 125 Å². The third-order valence-electron chi connectivity index (χ3n) is 5.24. The minimum absolute atomic E-state index is 0.0599. The van der Waals surface area contributed by atoms with E-state index < -0.39 is 46.4 Å². The molecule has 1 amide bonds. The standard InChI is InChI=1S/C23H21NO8S2/c1-13(31-17(25)12-30-14-6-4-3-5-7-14)18-20(26)24-19(22(27)28)23(33-21(18)24)32-15-8-10-16(11-9-15)34(2)29/h3-11,13,18,21H,12H2,1-2H3,(H,27,28)/t13-,18+,21-,34?/m1/s1. The first-order valence-electron chi connectivity index (χ1n) is 10.2. The van der Waals surface area contributed by atoms with Crippen LogP contribution in [-0.2, 0) is 30.3 Å². The Bertz CT molecular complexity index is 1120. The summed E-state index contributed by atoms with van der Waals surface area (Å²) in [6, 6.07) is 15.2. The van der Waals surface area contributed by atoms with Crippen LogP contribution in [0, 0.1) is 5.92 Å². The summed E-state index contributed by atoms with van der Waals surface area (Å²) in [7, 11) is 0. The number of thioether (sulfide) groups is 1. The van der Waals surface area contributed by atoms with Crippen molar-refractivity contribution in [2.45, 2.75) is 23.3 Å². The zero-order valence-corrected chi connectivity index (χ0v) is 19.8. The molecule has 2 aromatic carbocycles. The van der Waals surface area contributed by atoms with E-state index in [4.69, 9.17) is 14.2 Å². The lowest BCUT2D eigenvalue weighted by Crippen LogP contribution is -2.61. The van der Waals surface area contributed by atoms with Crippen LogP contribution in [0.15, 0.2) is 70.3 Å². The van der Waals surface area contributed by atoms with Crippen molar-refractivity contribution in [3.63, 3.8) is 0 Å². The Morgan fingerprint density at radius 1 is 1.15 bits per heavy atom. The Kier molecular flexibility index (Phi) is 7.05. The van der Waals surface area contributed by atoms with Gasteiger partial charge >= 0.3 is 11.9 Å². The summed E-state index contributed by atoms with van der Waals surface area (Å²) >= 11 is -0.0808. The van der Waals surface area contributed by atoms with Crippen LogP contribution < -0.4 is 9.47 Å². The summed E-state index contributed by atoms with van der Waals surface area (Å²) in [4.78, 5) is 38.6. The molecule has 1 unspecified atom stereocenters. The molecule has 4 atom stereocenters. The number of aliphatic carboxylic acids is 1. The molecule has 0 radical (unpaired) electrons. The van der Waals surface area contributed by atoms with Crippen molar-refractivity contribution >= 4 is 40.8 Å². The maximum atomic E-state index is 12.8. The van der Waals surface area contributed by atoms with E-state index in [1.54, 1.807) is 61.7 Å². The fourth-order valence-corrected chi connectivity index (χ4v) is 5.57. The van der Waals surface area contributed by atoms with Gasteiger partial charge in [-0.25, -0.2) is 9.59 Å². The first kappa shape index (κ1) is 24.0. The van der Waals surface area contributed by atoms with Crippen molar-refractivity contribution in [3.8, 4) is 11.5 Å². The fraction of sp³-hybridized carbons (Fsp3) is 0.261. The van der Waals surface area contributed by atoms with Crippen molar-refractivity contribution in [2.75, 3.05) is 12.9 Å². The zero-order chi connectivity index (χ0) is 24.4. The van der Waals surface area contributed by atoms with E-state index in [9.17, 15) is 24.0 Å². The number of β-lactam (4-membered cyclic amide) rings is 1. The van der Waals surface area contributed by atoms with E-state index in [2.05, 4.69) is 0 Å². The van der Waals surface area contributed by atoms with Gasteiger partial charge in [0.25, 0.3) is 0 Å². The smallest absolute Gasteiger partial charge is 0.357 e. The number of para-hydroxylation sites is 1. The van der Waals surface area contributed by atoms with Crippen LogP contribution in [0.2, 0.25) is 0 Å². The highest BCUT2D eigenvalue weighted by Gasteiger charge is 2.59. The normalized spacial score (nSPS) is 20.8. The van der Waals surface area contributed by atoms with Gasteiger partial charge in [-0.15, -0.1) is 0 Å². The molecular weight excluding hydrogens is 482 g/mol. The van der Waals surface area contributed by atoms with Gasteiger partial charge in [0.05, 0.1) is 0 Å². The number of nitrogens with zero attached hydrogens (tertiary/aromatic N) is 1. The number of carbonyl (C=O) groups excluding carboxylic acids is 2. The van der Waals surface area contributed by atoms with Gasteiger partial charge in [0, 0.05) is 0 Å². The van der Waals surface area contributed by atoms with Gasteiger partial charge in [-0.2, -0.15) is 0 Å². The highest BCUT2D eigenvalue weighted by Crippen LogP contribution is 2.51. The van der Waals surface area contributed by atoms with Gasteiger partial charge < -0.3 is 23.9 Å². The summed E-state index contributed by atoms with van der Waals surface area (Å²) in [6.45, 7) is 1.27. The molecule has 0 aromatic heterocycles. The van der Waals surface area contributed by atoms with Crippen molar-refractivity contribution in [3.05, 3.63) is 65.4 Å². The van der Waals surface area contributed by atoms with Crippen molar-refractivity contribution < 1.29 is 38.3 Å². The zero-order valence-electron chi connectivity index (χ0n) is 18.2. The third kappa shape index (κ3) is 4.86. The molecule has 0 spiro atoms. The first-order valence-corrected chi connectivity index (χ1v) is 12.7. The molecule has 1 N–H and O–H groups in total. The predicted molar refractivity (Wildman–Crippen MR) is 123 cm³/mol. The summed E-state index contributed by atoms with van der Waals surface area (Å²) < 4.78 is 28.1. The van der Waals surface area contributed by atoms with E-state index in [0.717, 1.165) is 16.7 Å². The molecule has 0 saturated carbocycles. The number of esters is 1. The van der Waals surface area contributed by atoms with Crippen LogP contribution >= 0.6 is 11.8 Å². The SMILES string of the molecule is C[C@@H](OC(=O)COc1ccccc1)[C@H]1C(=O)N2C(C(=O)O)=C(Oc3ccc([S+](C)[O-])cc3)S[C@H]12. The van der Waals surface area contributed by atoms with Crippen molar-refractivity contribution in [2.24, 2.45) is 5.92 Å². The number of carboxylic acid groups (broad SMARTS) is 1. The van der Waals surface area contributed by atoms with Crippen LogP contribution in [0.1, 0.15) is 6.92 Å². The molecule has 2 aromatic rings. The molecule has 178 valence electrons. The molecule has 1 saturated heterocycles. The van der Waals surface area contributed by atoms with E-state index in [-0.39, 0.29) is 17.4 Å². The number of ether oxygens (including phenoxy) is 3. The van der Waals surface area contributed by atoms with Crippen LogP contribution in [0.25, 0.3) is 0 Å². The van der Waals surface area contributed by atoms with E-state index in [0.29, 0.717) is 16.4 Å². The Morgan fingerprint density at radius 3 is 2.44 bits per heavy atom. The van der Waals surface area contributed by atoms with Gasteiger partial charge in [-0.1, -0.05) is 30.0 Å². The Morgan fingerprint density at radius 2 is 1.82 bits per heavy atom. The van der Waals surface area contributed by atoms with Crippen molar-refractivity contribution in [1.82, 2.24) is 4.90 Å². The number of rotatable bonds is 9. The molecular formula is C23H21NO8S2. The molecule has 0 aliphatic carbocycles. The monoisotopic (exact) mass is 503 g/mol. The second-order valence-corrected chi connectivity index (χ2v) is 9.98. The highest BCUT2D eigenvalue weighted by atomic mass is 32.2. The first-order chi connectivity index (χ1) is 16.3. The lowest BCUT2D eigenvalue weighted by molar-refractivity contribution is -0.167. The number of carbonyl (C=O) groups is 3. The van der Waals surface area contributed by atoms with Crippen LogP contribution in [0.3, 0.4) is 0 Å². The van der Waals surface area contributed by atoms with Gasteiger partial charge in [0.15, 0.2) is 22.3 Å².